The normalized spacial score (nSPS) is 15.8. The molecule has 1 saturated heterocycles. The van der Waals surface area contributed by atoms with Crippen LogP contribution in [0.25, 0.3) is 11.1 Å². The Balaban J connectivity index is 1.44. The Morgan fingerprint density at radius 2 is 1.84 bits per heavy atom. The van der Waals surface area contributed by atoms with Gasteiger partial charge in [-0.2, -0.15) is 0 Å². The van der Waals surface area contributed by atoms with E-state index in [2.05, 4.69) is 54.6 Å². The second-order valence-corrected chi connectivity index (χ2v) is 8.44. The second-order valence-electron chi connectivity index (χ2n) is 8.44. The maximum atomic E-state index is 13.0. The zero-order valence-corrected chi connectivity index (χ0v) is 18.6. The molecule has 1 aliphatic heterocycles. The van der Waals surface area contributed by atoms with Crippen molar-refractivity contribution >= 4 is 11.8 Å². The highest BCUT2D eigenvalue weighted by molar-refractivity contribution is 5.96. The van der Waals surface area contributed by atoms with E-state index >= 15 is 0 Å². The molecule has 0 bridgehead atoms. The summed E-state index contributed by atoms with van der Waals surface area (Å²) in [5.74, 6) is -0.0860. The summed E-state index contributed by atoms with van der Waals surface area (Å²) in [5.41, 5.74) is 4.52. The van der Waals surface area contributed by atoms with Crippen molar-refractivity contribution < 1.29 is 14.0 Å². The molecule has 2 heterocycles. The summed E-state index contributed by atoms with van der Waals surface area (Å²) in [4.78, 5) is 29.4. The highest BCUT2D eigenvalue weighted by Gasteiger charge is 2.35. The molecule has 0 aliphatic carbocycles. The fourth-order valence-electron chi connectivity index (χ4n) is 4.24. The number of hydrogen-bond donors (Lipinski definition) is 1. The standard InChI is InChI=1S/C26H29N3O3/c1-28(2)18-19-11-13-20(14-12-19)22-8-4-3-7-21(22)17-27-25(30)23-9-5-15-29(23)26(31)24-10-6-16-32-24/h3-4,6-8,10-14,16,23H,5,9,15,17-18H2,1-2H3,(H,27,30)/t23-/m1/s1. The van der Waals surface area contributed by atoms with Crippen LogP contribution in [0.2, 0.25) is 0 Å². The average Bonchev–Trinajstić information content (AvgIpc) is 3.50. The van der Waals surface area contributed by atoms with Crippen LogP contribution in [0.4, 0.5) is 0 Å². The van der Waals surface area contributed by atoms with Gasteiger partial charge in [-0.25, -0.2) is 0 Å². The van der Waals surface area contributed by atoms with Crippen LogP contribution in [0.5, 0.6) is 0 Å². The average molecular weight is 432 g/mol. The molecule has 1 N–H and O–H groups in total. The van der Waals surface area contributed by atoms with Gasteiger partial charge in [0, 0.05) is 19.6 Å². The quantitative estimate of drug-likeness (QED) is 0.616. The first-order chi connectivity index (χ1) is 15.5. The molecule has 0 unspecified atom stereocenters. The zero-order chi connectivity index (χ0) is 22.5. The number of hydrogen-bond acceptors (Lipinski definition) is 4. The number of furan rings is 1. The SMILES string of the molecule is CN(C)Cc1ccc(-c2ccccc2CNC(=O)[C@H]2CCCN2C(=O)c2ccco2)cc1. The molecule has 1 aliphatic rings. The van der Waals surface area contributed by atoms with Crippen molar-refractivity contribution in [1.29, 1.82) is 0 Å². The molecule has 166 valence electrons. The fourth-order valence-corrected chi connectivity index (χ4v) is 4.24. The summed E-state index contributed by atoms with van der Waals surface area (Å²) in [7, 11) is 4.11. The highest BCUT2D eigenvalue weighted by Crippen LogP contribution is 2.25. The highest BCUT2D eigenvalue weighted by atomic mass is 16.3. The molecule has 2 amide bonds. The molecular weight excluding hydrogens is 402 g/mol. The van der Waals surface area contributed by atoms with Gasteiger partial charge in [0.15, 0.2) is 5.76 Å². The molecule has 4 rings (SSSR count). The monoisotopic (exact) mass is 431 g/mol. The minimum Gasteiger partial charge on any atom is -0.459 e. The van der Waals surface area contributed by atoms with E-state index in [9.17, 15) is 9.59 Å². The van der Waals surface area contributed by atoms with Crippen LogP contribution in [0.3, 0.4) is 0 Å². The Morgan fingerprint density at radius 3 is 2.56 bits per heavy atom. The number of carbonyl (C=O) groups excluding carboxylic acids is 2. The van der Waals surface area contributed by atoms with Crippen LogP contribution in [0.15, 0.2) is 71.3 Å². The Labute approximate surface area is 188 Å². The molecule has 6 heteroatoms. The first-order valence-corrected chi connectivity index (χ1v) is 11.0. The van der Waals surface area contributed by atoms with Crippen LogP contribution in [-0.4, -0.2) is 48.3 Å². The van der Waals surface area contributed by atoms with Crippen molar-refractivity contribution in [1.82, 2.24) is 15.1 Å². The second kappa shape index (κ2) is 9.83. The number of carbonyl (C=O) groups is 2. The minimum atomic E-state index is -0.468. The third-order valence-electron chi connectivity index (χ3n) is 5.78. The van der Waals surface area contributed by atoms with Crippen LogP contribution in [0.1, 0.15) is 34.5 Å². The lowest BCUT2D eigenvalue weighted by Gasteiger charge is -2.23. The first-order valence-electron chi connectivity index (χ1n) is 11.0. The van der Waals surface area contributed by atoms with Crippen molar-refractivity contribution in [2.45, 2.75) is 32.0 Å². The van der Waals surface area contributed by atoms with E-state index in [1.807, 2.05) is 18.2 Å². The maximum absolute atomic E-state index is 13.0. The van der Waals surface area contributed by atoms with Gasteiger partial charge < -0.3 is 19.5 Å². The van der Waals surface area contributed by atoms with Crippen molar-refractivity contribution in [3.8, 4) is 11.1 Å². The number of likely N-dealkylation sites (tertiary alicyclic amines) is 1. The van der Waals surface area contributed by atoms with Gasteiger partial charge in [-0.3, -0.25) is 9.59 Å². The molecule has 2 aromatic carbocycles. The van der Waals surface area contributed by atoms with Gasteiger partial charge in [-0.15, -0.1) is 0 Å². The molecular formula is C26H29N3O3. The summed E-state index contributed by atoms with van der Waals surface area (Å²) in [6, 6.07) is 19.5. The molecule has 0 spiro atoms. The number of nitrogens with zero attached hydrogens (tertiary/aromatic N) is 2. The topological polar surface area (TPSA) is 65.8 Å². The van der Waals surface area contributed by atoms with Gasteiger partial charge in [0.25, 0.3) is 5.91 Å². The van der Waals surface area contributed by atoms with Crippen molar-refractivity contribution in [3.63, 3.8) is 0 Å². The van der Waals surface area contributed by atoms with E-state index in [-0.39, 0.29) is 17.6 Å². The number of rotatable bonds is 7. The summed E-state index contributed by atoms with van der Waals surface area (Å²) in [6.07, 6.45) is 2.94. The van der Waals surface area contributed by atoms with E-state index < -0.39 is 6.04 Å². The van der Waals surface area contributed by atoms with E-state index in [0.717, 1.165) is 29.7 Å². The lowest BCUT2D eigenvalue weighted by atomic mass is 9.98. The number of benzene rings is 2. The van der Waals surface area contributed by atoms with E-state index in [0.29, 0.717) is 19.5 Å². The Morgan fingerprint density at radius 1 is 1.06 bits per heavy atom. The smallest absolute Gasteiger partial charge is 0.290 e. The number of amides is 2. The molecule has 6 nitrogen and oxygen atoms in total. The van der Waals surface area contributed by atoms with E-state index in [1.54, 1.807) is 17.0 Å². The molecule has 32 heavy (non-hydrogen) atoms. The largest absolute Gasteiger partial charge is 0.459 e. The molecule has 0 saturated carbocycles. The summed E-state index contributed by atoms with van der Waals surface area (Å²) < 4.78 is 5.23. The van der Waals surface area contributed by atoms with Crippen molar-refractivity contribution in [3.05, 3.63) is 83.8 Å². The van der Waals surface area contributed by atoms with E-state index in [1.165, 1.54) is 11.8 Å². The Bertz CT molecular complexity index is 1060. The van der Waals surface area contributed by atoms with Crippen molar-refractivity contribution in [2.24, 2.45) is 0 Å². The van der Waals surface area contributed by atoms with Gasteiger partial charge >= 0.3 is 0 Å². The summed E-state index contributed by atoms with van der Waals surface area (Å²) in [5, 5.41) is 3.05. The predicted octanol–water partition coefficient (Wildman–Crippen LogP) is 3.93. The van der Waals surface area contributed by atoms with Gasteiger partial charge in [-0.1, -0.05) is 48.5 Å². The van der Waals surface area contributed by atoms with Crippen LogP contribution in [0, 0.1) is 0 Å². The van der Waals surface area contributed by atoms with Crippen LogP contribution >= 0.6 is 0 Å². The molecule has 1 fully saturated rings. The third-order valence-corrected chi connectivity index (χ3v) is 5.78. The minimum absolute atomic E-state index is 0.126. The van der Waals surface area contributed by atoms with Gasteiger partial charge in [-0.05, 0) is 61.3 Å². The van der Waals surface area contributed by atoms with Crippen molar-refractivity contribution in [2.75, 3.05) is 20.6 Å². The molecule has 0 radical (unpaired) electrons. The maximum Gasteiger partial charge on any atom is 0.290 e. The van der Waals surface area contributed by atoms with Gasteiger partial charge in [0.05, 0.1) is 6.26 Å². The lowest BCUT2D eigenvalue weighted by Crippen LogP contribution is -2.45. The van der Waals surface area contributed by atoms with Gasteiger partial charge in [0.1, 0.15) is 6.04 Å². The summed E-state index contributed by atoms with van der Waals surface area (Å²) >= 11 is 0. The Hall–Kier alpha value is -3.38. The molecule has 1 atom stereocenters. The Kier molecular flexibility index (Phi) is 6.71. The van der Waals surface area contributed by atoms with Gasteiger partial charge in [0.2, 0.25) is 5.91 Å². The predicted molar refractivity (Wildman–Crippen MR) is 124 cm³/mol. The fraction of sp³-hybridized carbons (Fsp3) is 0.308. The zero-order valence-electron chi connectivity index (χ0n) is 18.6. The first kappa shape index (κ1) is 21.8. The number of nitrogens with one attached hydrogen (secondary N) is 1. The van der Waals surface area contributed by atoms with E-state index in [4.69, 9.17) is 4.42 Å². The summed E-state index contributed by atoms with van der Waals surface area (Å²) in [6.45, 7) is 1.87. The molecule has 1 aromatic heterocycles. The van der Waals surface area contributed by atoms with Crippen LogP contribution < -0.4 is 5.32 Å². The molecule has 3 aromatic rings. The van der Waals surface area contributed by atoms with Crippen LogP contribution in [-0.2, 0) is 17.9 Å². The third kappa shape index (κ3) is 4.92. The lowest BCUT2D eigenvalue weighted by molar-refractivity contribution is -0.125.